The van der Waals surface area contributed by atoms with E-state index in [0.29, 0.717) is 0 Å². The van der Waals surface area contributed by atoms with E-state index in [-0.39, 0.29) is 10.2 Å². The van der Waals surface area contributed by atoms with Crippen LogP contribution in [0.1, 0.15) is 6.92 Å². The molecule has 0 saturated carbocycles. The van der Waals surface area contributed by atoms with Gasteiger partial charge in [0.15, 0.2) is 0 Å². The molecule has 4 atom stereocenters. The molecule has 0 aromatic rings. The summed E-state index contributed by atoms with van der Waals surface area (Å²) in [5, 5.41) is 18.1. The lowest BCUT2D eigenvalue weighted by atomic mass is 10.2. The zero-order chi connectivity index (χ0) is 7.02. The summed E-state index contributed by atoms with van der Waals surface area (Å²) in [5.74, 6) is 0. The first-order chi connectivity index (χ1) is 4.13. The zero-order valence-electron chi connectivity index (χ0n) is 4.99. The second kappa shape index (κ2) is 2.69. The molecule has 0 aromatic carbocycles. The molecule has 54 valence electrons. The van der Waals surface area contributed by atoms with Gasteiger partial charge in [0, 0.05) is 0 Å². The minimum atomic E-state index is -0.722. The van der Waals surface area contributed by atoms with Gasteiger partial charge in [0.2, 0.25) is 0 Å². The van der Waals surface area contributed by atoms with Crippen LogP contribution in [0.25, 0.3) is 0 Å². The predicted octanol–water partition coefficient (Wildman–Crippen LogP) is -0.112. The molecular formula is C5H9IO3. The molecule has 2 N–H and O–H groups in total. The number of alkyl halides is 1. The van der Waals surface area contributed by atoms with Crippen LogP contribution in [0.15, 0.2) is 0 Å². The highest BCUT2D eigenvalue weighted by Gasteiger charge is 2.38. The molecular weight excluding hydrogens is 235 g/mol. The topological polar surface area (TPSA) is 49.7 Å². The van der Waals surface area contributed by atoms with Crippen molar-refractivity contribution in [2.75, 3.05) is 0 Å². The fourth-order valence-corrected chi connectivity index (χ4v) is 1.69. The maximum Gasteiger partial charge on any atom is 0.137 e. The van der Waals surface area contributed by atoms with E-state index in [1.807, 2.05) is 22.6 Å². The molecule has 1 aliphatic rings. The summed E-state index contributed by atoms with van der Waals surface area (Å²) in [5.41, 5.74) is 0. The number of aliphatic hydroxyl groups excluding tert-OH is 2. The molecule has 9 heavy (non-hydrogen) atoms. The lowest BCUT2D eigenvalue weighted by Gasteiger charge is -2.07. The molecule has 0 aromatic heterocycles. The summed E-state index contributed by atoms with van der Waals surface area (Å²) in [6, 6.07) is 0. The van der Waals surface area contributed by atoms with Crippen LogP contribution in [0.4, 0.5) is 0 Å². The van der Waals surface area contributed by atoms with E-state index in [1.54, 1.807) is 6.92 Å². The minimum absolute atomic E-state index is 0.234. The third kappa shape index (κ3) is 1.36. The Balaban J connectivity index is 2.54. The molecule has 1 heterocycles. The highest BCUT2D eigenvalue weighted by Crippen LogP contribution is 2.24. The number of hydrogen-bond acceptors (Lipinski definition) is 3. The minimum Gasteiger partial charge on any atom is -0.388 e. The van der Waals surface area contributed by atoms with E-state index in [0.717, 1.165) is 0 Å². The van der Waals surface area contributed by atoms with E-state index >= 15 is 0 Å². The van der Waals surface area contributed by atoms with Crippen molar-refractivity contribution in [3.8, 4) is 0 Å². The van der Waals surface area contributed by atoms with Gasteiger partial charge in [-0.2, -0.15) is 0 Å². The second-order valence-corrected chi connectivity index (χ2v) is 3.40. The maximum absolute atomic E-state index is 9.06. The molecule has 0 bridgehead atoms. The summed E-state index contributed by atoms with van der Waals surface area (Å²) < 4.78 is 4.82. The van der Waals surface area contributed by atoms with E-state index in [1.165, 1.54) is 0 Å². The van der Waals surface area contributed by atoms with Crippen molar-refractivity contribution in [3.63, 3.8) is 0 Å². The van der Waals surface area contributed by atoms with Crippen LogP contribution in [0.2, 0.25) is 0 Å². The molecule has 1 rings (SSSR count). The number of halogens is 1. The van der Waals surface area contributed by atoms with Gasteiger partial charge in [-0.15, -0.1) is 0 Å². The van der Waals surface area contributed by atoms with Crippen LogP contribution in [0.3, 0.4) is 0 Å². The average Bonchev–Trinajstić information content (AvgIpc) is 1.98. The molecule has 4 heteroatoms. The standard InChI is InChI=1S/C5H9IO3/c1-2-3(7)4(8)5(6)9-2/h2-5,7-8H,1H3/t2-,3?,4?,5-/m0/s1. The van der Waals surface area contributed by atoms with Crippen molar-refractivity contribution < 1.29 is 14.9 Å². The first-order valence-electron chi connectivity index (χ1n) is 2.78. The van der Waals surface area contributed by atoms with Crippen molar-refractivity contribution >= 4 is 22.6 Å². The van der Waals surface area contributed by atoms with Gasteiger partial charge in [0.1, 0.15) is 16.3 Å². The molecule has 1 saturated heterocycles. The Bertz CT molecular complexity index is 96.4. The lowest BCUT2D eigenvalue weighted by molar-refractivity contribution is 0.0318. The summed E-state index contributed by atoms with van der Waals surface area (Å²) >= 11 is 1.96. The van der Waals surface area contributed by atoms with Crippen LogP contribution < -0.4 is 0 Å². The number of hydrogen-bond donors (Lipinski definition) is 2. The smallest absolute Gasteiger partial charge is 0.137 e. The van der Waals surface area contributed by atoms with Crippen LogP contribution in [-0.2, 0) is 4.74 Å². The van der Waals surface area contributed by atoms with E-state index in [4.69, 9.17) is 14.9 Å². The Morgan fingerprint density at radius 3 is 2.00 bits per heavy atom. The molecule has 3 nitrogen and oxygen atoms in total. The SMILES string of the molecule is C[C@@H]1O[C@H](I)C(O)C1O. The highest BCUT2D eigenvalue weighted by atomic mass is 127. The first kappa shape index (κ1) is 7.71. The summed E-state index contributed by atoms with van der Waals surface area (Å²) in [4.78, 5) is 0. The van der Waals surface area contributed by atoms with E-state index in [2.05, 4.69) is 0 Å². The number of ether oxygens (including phenoxy) is 1. The monoisotopic (exact) mass is 244 g/mol. The fraction of sp³-hybridized carbons (Fsp3) is 1.00. The predicted molar refractivity (Wildman–Crippen MR) is 40.4 cm³/mol. The van der Waals surface area contributed by atoms with Crippen LogP contribution in [-0.4, -0.2) is 32.6 Å². The van der Waals surface area contributed by atoms with Gasteiger partial charge in [-0.1, -0.05) is 0 Å². The molecule has 1 aliphatic heterocycles. The van der Waals surface area contributed by atoms with Gasteiger partial charge < -0.3 is 14.9 Å². The Hall–Kier alpha value is 0.610. The molecule has 0 radical (unpaired) electrons. The van der Waals surface area contributed by atoms with Crippen molar-refractivity contribution in [1.29, 1.82) is 0 Å². The first-order valence-corrected chi connectivity index (χ1v) is 4.03. The Kier molecular flexibility index (Phi) is 2.31. The molecule has 1 fully saturated rings. The van der Waals surface area contributed by atoms with Crippen LogP contribution >= 0.6 is 22.6 Å². The third-order valence-electron chi connectivity index (χ3n) is 1.44. The molecule has 0 spiro atoms. The number of rotatable bonds is 0. The fourth-order valence-electron chi connectivity index (χ4n) is 0.799. The van der Waals surface area contributed by atoms with Gasteiger partial charge in [0.25, 0.3) is 0 Å². The van der Waals surface area contributed by atoms with Crippen LogP contribution in [0, 0.1) is 0 Å². The van der Waals surface area contributed by atoms with Crippen LogP contribution in [0.5, 0.6) is 0 Å². The summed E-state index contributed by atoms with van der Waals surface area (Å²) in [7, 11) is 0. The van der Waals surface area contributed by atoms with E-state index < -0.39 is 12.2 Å². The van der Waals surface area contributed by atoms with Crippen molar-refractivity contribution in [3.05, 3.63) is 0 Å². The summed E-state index contributed by atoms with van der Waals surface area (Å²) in [6.07, 6.45) is -1.67. The Labute approximate surface area is 67.2 Å². The highest BCUT2D eigenvalue weighted by molar-refractivity contribution is 14.1. The third-order valence-corrected chi connectivity index (χ3v) is 2.47. The van der Waals surface area contributed by atoms with E-state index in [9.17, 15) is 0 Å². The molecule has 0 amide bonds. The maximum atomic E-state index is 9.06. The van der Waals surface area contributed by atoms with Gasteiger partial charge in [-0.3, -0.25) is 0 Å². The second-order valence-electron chi connectivity index (χ2n) is 2.17. The van der Waals surface area contributed by atoms with Crippen molar-refractivity contribution in [2.45, 2.75) is 29.3 Å². The van der Waals surface area contributed by atoms with Gasteiger partial charge >= 0.3 is 0 Å². The summed E-state index contributed by atoms with van der Waals surface area (Å²) in [6.45, 7) is 1.74. The van der Waals surface area contributed by atoms with Crippen molar-refractivity contribution in [1.82, 2.24) is 0 Å². The zero-order valence-corrected chi connectivity index (χ0v) is 7.15. The quantitative estimate of drug-likeness (QED) is 0.461. The average molecular weight is 244 g/mol. The lowest BCUT2D eigenvalue weighted by Crippen LogP contribution is -2.29. The van der Waals surface area contributed by atoms with Gasteiger partial charge in [-0.25, -0.2) is 0 Å². The molecule has 2 unspecified atom stereocenters. The molecule has 0 aliphatic carbocycles. The largest absolute Gasteiger partial charge is 0.388 e. The Morgan fingerprint density at radius 1 is 1.33 bits per heavy atom. The number of aliphatic hydroxyl groups is 2. The normalized spacial score (nSPS) is 52.0. The van der Waals surface area contributed by atoms with Gasteiger partial charge in [-0.05, 0) is 29.5 Å². The Morgan fingerprint density at radius 2 is 1.89 bits per heavy atom. The van der Waals surface area contributed by atoms with Crippen molar-refractivity contribution in [2.24, 2.45) is 0 Å². The van der Waals surface area contributed by atoms with Gasteiger partial charge in [0.05, 0.1) is 6.10 Å².